The molecular weight excluding hydrogens is 1200 g/mol. The zero-order valence-corrected chi connectivity index (χ0v) is 51.8. The van der Waals surface area contributed by atoms with Crippen molar-refractivity contribution >= 4 is 90.3 Å². The van der Waals surface area contributed by atoms with Crippen LogP contribution in [0.3, 0.4) is 0 Å². The largest absolute Gasteiger partial charge is 0.476 e. The number of aliphatic carboxylic acids is 3. The molecule has 89 heavy (non-hydrogen) atoms. The summed E-state index contributed by atoms with van der Waals surface area (Å²) in [6.07, 6.45) is 13.3. The summed E-state index contributed by atoms with van der Waals surface area (Å²) in [4.78, 5) is 55.4. The molecule has 0 fully saturated rings. The molecule has 4 aromatic carbocycles. The van der Waals surface area contributed by atoms with Crippen molar-refractivity contribution in [3.8, 4) is 0 Å². The highest BCUT2D eigenvalue weighted by molar-refractivity contribution is 7.94. The van der Waals surface area contributed by atoms with Crippen LogP contribution in [0, 0.1) is 0 Å². The van der Waals surface area contributed by atoms with E-state index in [4.69, 9.17) is 9.59 Å². The molecule has 0 spiro atoms. The molecule has 0 aliphatic carbocycles. The molecule has 0 unspecified atom stereocenters. The third-order valence-electron chi connectivity index (χ3n) is 16.0. The second-order valence-electron chi connectivity index (χ2n) is 22.6. The van der Waals surface area contributed by atoms with Gasteiger partial charge in [-0.3, -0.25) is 13.9 Å². The van der Waals surface area contributed by atoms with E-state index in [9.17, 15) is 60.4 Å². The Hall–Kier alpha value is -9.47. The molecule has 4 aliphatic rings. The Morgan fingerprint density at radius 3 is 1.53 bits per heavy atom. The first-order valence-electron chi connectivity index (χ1n) is 26.8. The fraction of sp³-hybridized carbons (Fsp3) is 0.200. The lowest BCUT2D eigenvalue weighted by Gasteiger charge is -2.26. The number of carboxylic acids is 3. The van der Waals surface area contributed by atoms with Crippen molar-refractivity contribution in [1.29, 1.82) is 0 Å². The summed E-state index contributed by atoms with van der Waals surface area (Å²) in [6.45, 7) is 29.3. The number of nitrogens with zero attached hydrogens (tertiary/aromatic N) is 4. The number of hydrogen-bond donors (Lipinski definition) is 7. The molecule has 0 bridgehead atoms. The Morgan fingerprint density at radius 2 is 1.03 bits per heavy atom. The van der Waals surface area contributed by atoms with Crippen LogP contribution in [0.15, 0.2) is 220 Å². The van der Waals surface area contributed by atoms with Crippen molar-refractivity contribution in [1.82, 2.24) is 5.32 Å². The van der Waals surface area contributed by atoms with E-state index >= 15 is 0 Å². The minimum atomic E-state index is -4.65. The second-order valence-corrected chi connectivity index (χ2v) is 26.2. The normalized spacial score (nSPS) is 17.5. The maximum atomic E-state index is 14.7. The van der Waals surface area contributed by atoms with Gasteiger partial charge in [0.1, 0.15) is 0 Å². The van der Waals surface area contributed by atoms with Gasteiger partial charge in [0.25, 0.3) is 20.2 Å². The maximum absolute atomic E-state index is 14.7. The summed E-state index contributed by atoms with van der Waals surface area (Å²) in [5.41, 5.74) is 11.5. The van der Waals surface area contributed by atoms with Gasteiger partial charge in [-0.05, 0) is 130 Å². The van der Waals surface area contributed by atoms with Gasteiger partial charge in [0.2, 0.25) is 11.4 Å². The number of hydrogen-bond acceptors (Lipinski definition) is 14. The lowest BCUT2D eigenvalue weighted by Crippen LogP contribution is -2.32. The summed E-state index contributed by atoms with van der Waals surface area (Å²) in [5.74, 6) is -4.68. The number of fused-ring (bicyclic) bond motifs is 4. The van der Waals surface area contributed by atoms with Gasteiger partial charge in [-0.15, -0.1) is 13.5 Å². The van der Waals surface area contributed by atoms with Gasteiger partial charge < -0.3 is 30.4 Å². The molecule has 8 rings (SSSR count). The van der Waals surface area contributed by atoms with Crippen LogP contribution in [0.25, 0.3) is 0 Å². The highest BCUT2D eigenvalue weighted by Crippen LogP contribution is 2.52. The van der Waals surface area contributed by atoms with Crippen molar-refractivity contribution in [2.45, 2.75) is 98.3 Å². The van der Waals surface area contributed by atoms with Crippen molar-refractivity contribution in [3.05, 3.63) is 233 Å². The van der Waals surface area contributed by atoms with Gasteiger partial charge in [0.05, 0.1) is 44.0 Å². The zero-order chi connectivity index (χ0) is 65.7. The predicted molar refractivity (Wildman–Crippen MR) is 332 cm³/mol. The van der Waals surface area contributed by atoms with E-state index < -0.39 is 70.6 Å². The summed E-state index contributed by atoms with van der Waals surface area (Å²) in [5, 5.41) is 46.8. The van der Waals surface area contributed by atoms with Gasteiger partial charge >= 0.3 is 35.2 Å². The first kappa shape index (κ1) is 65.5. The average molecular weight is 1260 g/mol. The van der Waals surface area contributed by atoms with Crippen molar-refractivity contribution in [3.63, 3.8) is 0 Å². The van der Waals surface area contributed by atoms with Crippen LogP contribution in [0.2, 0.25) is 0 Å². The SMILES string of the molecule is C=C=C(C(=O)O)N1/C(=C/C=C/C2=[N+](C(=C=C)C(=O)O)c3ccc(S(=O)(=O)O)cc3C2(C)C)C(C)(C)c2cc(CNC(=O)C(=C=C)[N+]3=C(/C=C/C=C/C=C4/N(C(=C=C)C(=O)O)c5ccc(S(=O)(=O)O)cc5C4(C)C)C(C)(C)c4cc(SOOO)ccc43)ccc21. The van der Waals surface area contributed by atoms with E-state index in [1.54, 1.807) is 111 Å². The third-order valence-corrected chi connectivity index (χ3v) is 18.3. The molecular formula is C65H61N5O16S3+2. The molecule has 4 heterocycles. The predicted octanol–water partition coefficient (Wildman–Crippen LogP) is 10.6. The maximum Gasteiger partial charge on any atom is 0.410 e. The van der Waals surface area contributed by atoms with Crippen molar-refractivity contribution < 1.29 is 84.2 Å². The quantitative estimate of drug-likeness (QED) is 0.00632. The number of carbonyl (C=O) groups is 4. The molecule has 21 nitrogen and oxygen atoms in total. The number of benzene rings is 4. The lowest BCUT2D eigenvalue weighted by molar-refractivity contribution is -0.432. The van der Waals surface area contributed by atoms with Gasteiger partial charge in [-0.25, -0.2) is 19.6 Å². The molecule has 4 aliphatic heterocycles. The minimum absolute atomic E-state index is 0.00417. The van der Waals surface area contributed by atoms with Crippen LogP contribution in [0.4, 0.5) is 22.7 Å². The first-order chi connectivity index (χ1) is 41.7. The number of anilines is 2. The summed E-state index contributed by atoms with van der Waals surface area (Å²) in [6, 6.07) is 18.1. The molecule has 4 aromatic rings. The monoisotopic (exact) mass is 1260 g/mol. The lowest BCUT2D eigenvalue weighted by atomic mass is 9.81. The van der Waals surface area contributed by atoms with E-state index in [0.29, 0.717) is 72.7 Å². The van der Waals surface area contributed by atoms with Crippen molar-refractivity contribution in [2.75, 3.05) is 9.80 Å². The standard InChI is InChI=1S/C65H59N5O16S3/c1-13-46(67-51-30-26-39(87-86-85-78)34-43(51)63(7,8)54(67)21-18-17-19-22-55-64(9,10)44-35-40(88(79,80)81)27-31-52(44)69(55)48(15-3)60(74)75)58(71)66-37-38-25-29-50-42(33-38)62(5,6)56(68(50)47(14-2)59(72)73)23-20-24-57-65(11,12)45-36-41(89(82,83)84)28-32-53(45)70(57)49(16-4)61(76)77/h17-36H,1-4,37H2,5-12H3,(H5-2,66,71,72,73,74,75,76,77,78,79,80,81,82,83,84)/p+2. The number of nitrogens with one attached hydrogen (secondary N) is 1. The van der Waals surface area contributed by atoms with Gasteiger partial charge in [-0.1, -0.05) is 93.8 Å². The van der Waals surface area contributed by atoms with E-state index in [1.807, 2.05) is 33.8 Å². The third kappa shape index (κ3) is 11.8. The fourth-order valence-corrected chi connectivity index (χ4v) is 13.0. The van der Waals surface area contributed by atoms with Crippen LogP contribution >= 0.6 is 12.0 Å². The Balaban J connectivity index is 1.14. The number of rotatable bonds is 20. The van der Waals surface area contributed by atoms with E-state index in [2.05, 4.69) is 59.6 Å². The van der Waals surface area contributed by atoms with Gasteiger partial charge in [0, 0.05) is 69.1 Å². The second kappa shape index (κ2) is 24.2. The van der Waals surface area contributed by atoms with Crippen LogP contribution in [-0.4, -0.2) is 90.9 Å². The Morgan fingerprint density at radius 1 is 0.573 bits per heavy atom. The molecule has 7 N–H and O–H groups in total. The Labute approximate surface area is 517 Å². The molecule has 458 valence electrons. The van der Waals surface area contributed by atoms with Gasteiger partial charge in [-0.2, -0.15) is 16.8 Å². The Bertz CT molecular complexity index is 4510. The molecule has 0 saturated heterocycles. The van der Waals surface area contributed by atoms with E-state index in [1.165, 1.54) is 44.7 Å². The Kier molecular flexibility index (Phi) is 17.8. The fourth-order valence-electron chi connectivity index (χ4n) is 11.6. The minimum Gasteiger partial charge on any atom is -0.476 e. The zero-order valence-electron chi connectivity index (χ0n) is 49.4. The van der Waals surface area contributed by atoms with Crippen LogP contribution in [0.1, 0.15) is 83.2 Å². The number of amides is 1. The number of allylic oxidation sites excluding steroid dienone is 10. The summed E-state index contributed by atoms with van der Waals surface area (Å²) < 4.78 is 76.4. The van der Waals surface area contributed by atoms with Gasteiger partial charge in [0.15, 0.2) is 22.8 Å². The smallest absolute Gasteiger partial charge is 0.410 e. The molecule has 24 heteroatoms. The van der Waals surface area contributed by atoms with Crippen molar-refractivity contribution in [2.24, 2.45) is 0 Å². The van der Waals surface area contributed by atoms with Crippen LogP contribution < -0.4 is 15.1 Å². The summed E-state index contributed by atoms with van der Waals surface area (Å²) in [7, 11) is -9.27. The number of carbonyl (C=O) groups excluding carboxylic acids is 1. The average Bonchev–Trinajstić information content (AvgIpc) is 1.62. The number of carboxylic acid groups (broad SMARTS) is 3. The molecule has 1 amide bonds. The molecule has 0 aromatic heterocycles. The topological polar surface area (TPSA) is 301 Å². The molecule has 0 atom stereocenters. The molecule has 0 saturated carbocycles. The first-order valence-corrected chi connectivity index (χ1v) is 30.4. The van der Waals surface area contributed by atoms with Crippen LogP contribution in [0.5, 0.6) is 0 Å². The van der Waals surface area contributed by atoms with Crippen LogP contribution in [-0.2, 0) is 77.0 Å². The van der Waals surface area contributed by atoms with E-state index in [0.717, 1.165) is 23.7 Å². The highest BCUT2D eigenvalue weighted by atomic mass is 32.2. The highest BCUT2D eigenvalue weighted by Gasteiger charge is 2.51. The molecule has 0 radical (unpaired) electrons. The van der Waals surface area contributed by atoms with E-state index in [-0.39, 0.29) is 34.2 Å². The summed E-state index contributed by atoms with van der Waals surface area (Å²) >= 11 is 0.741.